The third kappa shape index (κ3) is 4.56. The van der Waals surface area contributed by atoms with Crippen LogP contribution in [0.25, 0.3) is 66.4 Å². The SMILES string of the molecule is CC1(C)c2ccccc2-c2cc(N(c3ccccc3-c3cccc4c3-c3ccccc3C4(C)C)c3ccccc3-c3cccc4c3oc3ccccc34)ccc21. The zero-order valence-electron chi connectivity index (χ0n) is 32.1. The van der Waals surface area contributed by atoms with E-state index in [1.54, 1.807) is 0 Å². The van der Waals surface area contributed by atoms with E-state index in [1.165, 1.54) is 55.6 Å². The van der Waals surface area contributed by atoms with Gasteiger partial charge in [0.05, 0.1) is 11.4 Å². The van der Waals surface area contributed by atoms with E-state index in [-0.39, 0.29) is 10.8 Å². The molecule has 0 aliphatic heterocycles. The molecule has 2 nitrogen and oxygen atoms in total. The molecule has 0 spiro atoms. The Morgan fingerprint density at radius 2 is 0.875 bits per heavy atom. The predicted molar refractivity (Wildman–Crippen MR) is 234 cm³/mol. The molecule has 2 heteroatoms. The summed E-state index contributed by atoms with van der Waals surface area (Å²) < 4.78 is 6.68. The smallest absolute Gasteiger partial charge is 0.143 e. The van der Waals surface area contributed by atoms with E-state index >= 15 is 0 Å². The lowest BCUT2D eigenvalue weighted by Gasteiger charge is -2.31. The highest BCUT2D eigenvalue weighted by Crippen LogP contribution is 2.56. The number of anilines is 3. The van der Waals surface area contributed by atoms with E-state index in [0.29, 0.717) is 0 Å². The van der Waals surface area contributed by atoms with E-state index in [2.05, 4.69) is 202 Å². The number of benzene rings is 8. The zero-order chi connectivity index (χ0) is 37.8. The molecule has 9 aromatic rings. The van der Waals surface area contributed by atoms with Crippen LogP contribution in [0.3, 0.4) is 0 Å². The molecular formula is C54H41NO. The highest BCUT2D eigenvalue weighted by molar-refractivity contribution is 6.11. The van der Waals surface area contributed by atoms with E-state index in [4.69, 9.17) is 4.42 Å². The third-order valence-electron chi connectivity index (χ3n) is 12.7. The monoisotopic (exact) mass is 719 g/mol. The Labute approximate surface area is 328 Å². The molecule has 2 aliphatic carbocycles. The van der Waals surface area contributed by atoms with Crippen LogP contribution in [0.4, 0.5) is 17.1 Å². The second-order valence-electron chi connectivity index (χ2n) is 16.4. The lowest BCUT2D eigenvalue weighted by molar-refractivity contribution is 0.660. The fraction of sp³-hybridized carbons (Fsp3) is 0.111. The van der Waals surface area contributed by atoms with Gasteiger partial charge in [0.15, 0.2) is 0 Å². The van der Waals surface area contributed by atoms with Crippen molar-refractivity contribution in [3.63, 3.8) is 0 Å². The average molecular weight is 720 g/mol. The van der Waals surface area contributed by atoms with Crippen LogP contribution in [-0.4, -0.2) is 0 Å². The highest BCUT2D eigenvalue weighted by atomic mass is 16.3. The Morgan fingerprint density at radius 3 is 1.64 bits per heavy atom. The molecule has 0 N–H and O–H groups in total. The summed E-state index contributed by atoms with van der Waals surface area (Å²) in [6.45, 7) is 9.42. The van der Waals surface area contributed by atoms with Crippen LogP contribution in [0.15, 0.2) is 180 Å². The minimum Gasteiger partial charge on any atom is -0.455 e. The summed E-state index contributed by atoms with van der Waals surface area (Å²) in [5.41, 5.74) is 20.3. The summed E-state index contributed by atoms with van der Waals surface area (Å²) in [5, 5.41) is 2.25. The molecule has 11 rings (SSSR count). The lowest BCUT2D eigenvalue weighted by atomic mass is 9.82. The maximum absolute atomic E-state index is 6.68. The van der Waals surface area contributed by atoms with Crippen molar-refractivity contribution in [1.82, 2.24) is 0 Å². The molecule has 0 unspecified atom stereocenters. The summed E-state index contributed by atoms with van der Waals surface area (Å²) in [4.78, 5) is 2.49. The standard InChI is InChI=1S/C54H41NO/c1-53(2)44-25-10-5-17-35(44)43-33-34(31-32-46(43)53)55(49-29-13-8-19-37(49)40-23-15-24-41-38-20-9-14-30-50(38)56-52(40)41)48-28-12-7-18-36(48)39-22-16-27-47-51(39)42-21-6-11-26-45(42)54(47,3)4/h5-33H,1-4H3. The Morgan fingerprint density at radius 1 is 0.375 bits per heavy atom. The molecule has 268 valence electrons. The van der Waals surface area contributed by atoms with Crippen LogP contribution < -0.4 is 4.90 Å². The molecule has 0 radical (unpaired) electrons. The van der Waals surface area contributed by atoms with Gasteiger partial charge in [-0.15, -0.1) is 0 Å². The van der Waals surface area contributed by atoms with Crippen molar-refractivity contribution in [2.75, 3.05) is 4.90 Å². The third-order valence-corrected chi connectivity index (χ3v) is 12.7. The zero-order valence-corrected chi connectivity index (χ0v) is 32.1. The van der Waals surface area contributed by atoms with E-state index in [1.807, 2.05) is 6.07 Å². The summed E-state index contributed by atoms with van der Waals surface area (Å²) >= 11 is 0. The Balaban J connectivity index is 1.20. The second kappa shape index (κ2) is 11.9. The quantitative estimate of drug-likeness (QED) is 0.176. The number of nitrogens with zero attached hydrogens (tertiary/aromatic N) is 1. The van der Waals surface area contributed by atoms with Gasteiger partial charge in [0.25, 0.3) is 0 Å². The maximum Gasteiger partial charge on any atom is 0.143 e. The normalized spacial score (nSPS) is 14.4. The molecule has 1 aromatic heterocycles. The van der Waals surface area contributed by atoms with Crippen molar-refractivity contribution >= 4 is 39.0 Å². The minimum atomic E-state index is -0.103. The van der Waals surface area contributed by atoms with Gasteiger partial charge in [0, 0.05) is 44.0 Å². The van der Waals surface area contributed by atoms with Crippen LogP contribution in [0, 0.1) is 0 Å². The first-order chi connectivity index (χ1) is 27.3. The number of para-hydroxylation sites is 4. The predicted octanol–water partition coefficient (Wildman–Crippen LogP) is 15.0. The fourth-order valence-electron chi connectivity index (χ4n) is 9.99. The van der Waals surface area contributed by atoms with Gasteiger partial charge >= 0.3 is 0 Å². The molecule has 0 saturated carbocycles. The van der Waals surface area contributed by atoms with Crippen molar-refractivity contribution in [2.45, 2.75) is 38.5 Å². The molecule has 1 heterocycles. The summed E-state index contributed by atoms with van der Waals surface area (Å²) in [6.07, 6.45) is 0. The van der Waals surface area contributed by atoms with Crippen molar-refractivity contribution in [1.29, 1.82) is 0 Å². The van der Waals surface area contributed by atoms with Gasteiger partial charge in [-0.25, -0.2) is 0 Å². The first kappa shape index (κ1) is 32.8. The van der Waals surface area contributed by atoms with Gasteiger partial charge in [0.2, 0.25) is 0 Å². The lowest BCUT2D eigenvalue weighted by Crippen LogP contribution is -2.16. The first-order valence-electron chi connectivity index (χ1n) is 19.7. The fourth-order valence-corrected chi connectivity index (χ4v) is 9.99. The van der Waals surface area contributed by atoms with Crippen molar-refractivity contribution in [3.8, 4) is 44.5 Å². The summed E-state index contributed by atoms with van der Waals surface area (Å²) in [6, 6.07) is 64.6. The maximum atomic E-state index is 6.68. The van der Waals surface area contributed by atoms with Crippen molar-refractivity contribution < 1.29 is 4.42 Å². The second-order valence-corrected chi connectivity index (χ2v) is 16.4. The van der Waals surface area contributed by atoms with Crippen LogP contribution in [0.5, 0.6) is 0 Å². The van der Waals surface area contributed by atoms with Crippen LogP contribution >= 0.6 is 0 Å². The molecule has 0 amide bonds. The van der Waals surface area contributed by atoms with E-state index < -0.39 is 0 Å². The van der Waals surface area contributed by atoms with Gasteiger partial charge < -0.3 is 9.32 Å². The summed E-state index contributed by atoms with van der Waals surface area (Å²) in [5.74, 6) is 0. The van der Waals surface area contributed by atoms with Gasteiger partial charge in [-0.3, -0.25) is 0 Å². The number of hydrogen-bond donors (Lipinski definition) is 0. The number of furan rings is 1. The Hall–Kier alpha value is -6.64. The number of fused-ring (bicyclic) bond motifs is 9. The van der Waals surface area contributed by atoms with Crippen molar-refractivity contribution in [2.24, 2.45) is 0 Å². The van der Waals surface area contributed by atoms with Crippen molar-refractivity contribution in [3.05, 3.63) is 198 Å². The van der Waals surface area contributed by atoms with Crippen LogP contribution in [0.1, 0.15) is 49.9 Å². The topological polar surface area (TPSA) is 16.4 Å². The Kier molecular flexibility index (Phi) is 6.98. The highest BCUT2D eigenvalue weighted by Gasteiger charge is 2.38. The Bertz CT molecular complexity index is 3050. The van der Waals surface area contributed by atoms with Gasteiger partial charge in [-0.05, 0) is 80.4 Å². The number of hydrogen-bond acceptors (Lipinski definition) is 2. The molecule has 8 aromatic carbocycles. The van der Waals surface area contributed by atoms with Gasteiger partial charge in [-0.1, -0.05) is 173 Å². The molecule has 0 saturated heterocycles. The van der Waals surface area contributed by atoms with Gasteiger partial charge in [-0.2, -0.15) is 0 Å². The largest absolute Gasteiger partial charge is 0.455 e. The van der Waals surface area contributed by atoms with Crippen LogP contribution in [-0.2, 0) is 10.8 Å². The van der Waals surface area contributed by atoms with E-state index in [0.717, 1.165) is 50.1 Å². The van der Waals surface area contributed by atoms with Gasteiger partial charge in [0.1, 0.15) is 11.2 Å². The minimum absolute atomic E-state index is 0.0905. The number of rotatable bonds is 5. The van der Waals surface area contributed by atoms with E-state index in [9.17, 15) is 0 Å². The molecule has 56 heavy (non-hydrogen) atoms. The molecule has 0 fully saturated rings. The van der Waals surface area contributed by atoms with Crippen LogP contribution in [0.2, 0.25) is 0 Å². The molecule has 0 atom stereocenters. The molecular weight excluding hydrogens is 679 g/mol. The molecule has 2 aliphatic rings. The molecule has 0 bridgehead atoms. The summed E-state index contributed by atoms with van der Waals surface area (Å²) in [7, 11) is 0. The average Bonchev–Trinajstić information content (AvgIpc) is 3.81. The first-order valence-corrected chi connectivity index (χ1v) is 19.7.